The first-order valence-electron chi connectivity index (χ1n) is 10.7. The average Bonchev–Trinajstić information content (AvgIpc) is 3.18. The Balaban J connectivity index is 1.52. The highest BCUT2D eigenvalue weighted by atomic mass is 16.3. The SMILES string of the molecule is Cc1ncc2n1CCC(C(=O)NC(c1ccccc1)c1c(O)ccc3ccccc13)C2. The number of nitrogens with zero attached hydrogens (tertiary/aromatic N) is 2. The Kier molecular flexibility index (Phi) is 4.94. The van der Waals surface area contributed by atoms with Crippen LogP contribution in [0.3, 0.4) is 0 Å². The van der Waals surface area contributed by atoms with Crippen molar-refractivity contribution in [3.8, 4) is 5.75 Å². The molecule has 156 valence electrons. The van der Waals surface area contributed by atoms with Gasteiger partial charge in [0.1, 0.15) is 11.6 Å². The molecule has 2 unspecified atom stereocenters. The van der Waals surface area contributed by atoms with E-state index in [0.29, 0.717) is 6.42 Å². The Morgan fingerprint density at radius 3 is 2.71 bits per heavy atom. The van der Waals surface area contributed by atoms with E-state index < -0.39 is 6.04 Å². The lowest BCUT2D eigenvalue weighted by atomic mass is 9.90. The van der Waals surface area contributed by atoms with Gasteiger partial charge in [0.15, 0.2) is 0 Å². The zero-order chi connectivity index (χ0) is 21.4. The van der Waals surface area contributed by atoms with E-state index in [4.69, 9.17) is 0 Å². The van der Waals surface area contributed by atoms with Crippen LogP contribution in [-0.2, 0) is 17.8 Å². The van der Waals surface area contributed by atoms with Crippen LogP contribution >= 0.6 is 0 Å². The molecule has 0 fully saturated rings. The Labute approximate surface area is 181 Å². The van der Waals surface area contributed by atoms with Crippen LogP contribution in [0.15, 0.2) is 72.9 Å². The number of aromatic hydroxyl groups is 1. The van der Waals surface area contributed by atoms with Crippen LogP contribution in [0.4, 0.5) is 0 Å². The maximum Gasteiger partial charge on any atom is 0.224 e. The van der Waals surface area contributed by atoms with Crippen molar-refractivity contribution in [2.45, 2.75) is 32.4 Å². The number of aromatic nitrogens is 2. The van der Waals surface area contributed by atoms with Gasteiger partial charge in [-0.3, -0.25) is 4.79 Å². The second-order valence-corrected chi connectivity index (χ2v) is 8.21. The number of benzene rings is 3. The summed E-state index contributed by atoms with van der Waals surface area (Å²) < 4.78 is 2.19. The van der Waals surface area contributed by atoms with Crippen LogP contribution in [0.1, 0.15) is 35.1 Å². The number of carbonyl (C=O) groups is 1. The van der Waals surface area contributed by atoms with Gasteiger partial charge in [-0.15, -0.1) is 0 Å². The van der Waals surface area contributed by atoms with Crippen LogP contribution in [0.5, 0.6) is 5.75 Å². The lowest BCUT2D eigenvalue weighted by Gasteiger charge is -2.28. The fourth-order valence-corrected chi connectivity index (χ4v) is 4.66. The molecule has 0 saturated heterocycles. The summed E-state index contributed by atoms with van der Waals surface area (Å²) in [6.07, 6.45) is 3.33. The molecule has 5 nitrogen and oxygen atoms in total. The summed E-state index contributed by atoms with van der Waals surface area (Å²) >= 11 is 0. The second kappa shape index (κ2) is 7.91. The van der Waals surface area contributed by atoms with Crippen molar-refractivity contribution in [2.75, 3.05) is 0 Å². The van der Waals surface area contributed by atoms with Crippen LogP contribution in [0, 0.1) is 12.8 Å². The molecule has 1 aliphatic heterocycles. The molecular formula is C26H25N3O2. The van der Waals surface area contributed by atoms with Gasteiger partial charge < -0.3 is 15.0 Å². The van der Waals surface area contributed by atoms with Crippen molar-refractivity contribution in [1.82, 2.24) is 14.9 Å². The number of phenols is 1. The van der Waals surface area contributed by atoms with E-state index in [0.717, 1.165) is 46.4 Å². The average molecular weight is 412 g/mol. The van der Waals surface area contributed by atoms with Crippen LogP contribution in [0.25, 0.3) is 10.8 Å². The zero-order valence-corrected chi connectivity index (χ0v) is 17.5. The highest BCUT2D eigenvalue weighted by Crippen LogP contribution is 2.36. The molecule has 0 bridgehead atoms. The van der Waals surface area contributed by atoms with E-state index >= 15 is 0 Å². The van der Waals surface area contributed by atoms with Gasteiger partial charge in [-0.2, -0.15) is 0 Å². The maximum atomic E-state index is 13.4. The summed E-state index contributed by atoms with van der Waals surface area (Å²) in [4.78, 5) is 17.8. The summed E-state index contributed by atoms with van der Waals surface area (Å²) in [6.45, 7) is 2.80. The first-order chi connectivity index (χ1) is 15.1. The number of nitrogens with one attached hydrogen (secondary N) is 1. The molecule has 2 atom stereocenters. The standard InChI is InChI=1S/C26H25N3O2/c1-17-27-16-21-15-20(13-14-29(17)21)26(31)28-25(19-8-3-2-4-9-19)24-22-10-6-5-7-18(22)11-12-23(24)30/h2-12,16,20,25,30H,13-15H2,1H3,(H,28,31). The molecule has 5 heteroatoms. The molecule has 0 radical (unpaired) electrons. The van der Waals surface area contributed by atoms with Gasteiger partial charge >= 0.3 is 0 Å². The number of phenolic OH excluding ortho intramolecular Hbond substituents is 1. The van der Waals surface area contributed by atoms with Crippen LogP contribution in [0.2, 0.25) is 0 Å². The predicted octanol–water partition coefficient (Wildman–Crippen LogP) is 4.52. The molecule has 0 spiro atoms. The first kappa shape index (κ1) is 19.4. The summed E-state index contributed by atoms with van der Waals surface area (Å²) in [6, 6.07) is 21.0. The molecule has 3 aromatic carbocycles. The Hall–Kier alpha value is -3.60. The summed E-state index contributed by atoms with van der Waals surface area (Å²) in [5, 5.41) is 16.1. The number of hydrogen-bond donors (Lipinski definition) is 2. The molecule has 2 N–H and O–H groups in total. The lowest BCUT2D eigenvalue weighted by molar-refractivity contribution is -0.126. The third kappa shape index (κ3) is 3.56. The molecule has 5 rings (SSSR count). The van der Waals surface area contributed by atoms with Crippen molar-refractivity contribution < 1.29 is 9.90 Å². The highest BCUT2D eigenvalue weighted by molar-refractivity contribution is 5.89. The minimum atomic E-state index is -0.437. The molecule has 1 aliphatic rings. The van der Waals surface area contributed by atoms with Crippen molar-refractivity contribution in [1.29, 1.82) is 0 Å². The van der Waals surface area contributed by atoms with Gasteiger partial charge in [0.25, 0.3) is 0 Å². The monoisotopic (exact) mass is 411 g/mol. The lowest BCUT2D eigenvalue weighted by Crippen LogP contribution is -2.38. The topological polar surface area (TPSA) is 67.2 Å². The van der Waals surface area contributed by atoms with Crippen molar-refractivity contribution >= 4 is 16.7 Å². The fraction of sp³-hybridized carbons (Fsp3) is 0.231. The molecule has 4 aromatic rings. The number of fused-ring (bicyclic) bond motifs is 2. The molecule has 1 aromatic heterocycles. The number of imidazole rings is 1. The molecule has 31 heavy (non-hydrogen) atoms. The maximum absolute atomic E-state index is 13.4. The quantitative estimate of drug-likeness (QED) is 0.519. The van der Waals surface area contributed by atoms with E-state index in [1.807, 2.05) is 73.8 Å². The second-order valence-electron chi connectivity index (χ2n) is 8.21. The number of carbonyl (C=O) groups excluding carboxylic acids is 1. The number of aryl methyl sites for hydroxylation is 1. The summed E-state index contributed by atoms with van der Waals surface area (Å²) in [5.74, 6) is 1.07. The van der Waals surface area contributed by atoms with E-state index in [-0.39, 0.29) is 17.6 Å². The molecule has 0 aliphatic carbocycles. The van der Waals surface area contributed by atoms with Gasteiger partial charge in [0, 0.05) is 36.3 Å². The molecule has 1 amide bonds. The Morgan fingerprint density at radius 1 is 1.10 bits per heavy atom. The smallest absolute Gasteiger partial charge is 0.224 e. The fourth-order valence-electron chi connectivity index (χ4n) is 4.66. The van der Waals surface area contributed by atoms with Gasteiger partial charge in [0.2, 0.25) is 5.91 Å². The van der Waals surface area contributed by atoms with Gasteiger partial charge in [-0.05, 0) is 35.7 Å². The number of rotatable bonds is 4. The number of hydrogen-bond acceptors (Lipinski definition) is 3. The van der Waals surface area contributed by atoms with Gasteiger partial charge in [0.05, 0.1) is 6.04 Å². The number of amides is 1. The van der Waals surface area contributed by atoms with Gasteiger partial charge in [-0.25, -0.2) is 4.98 Å². The minimum Gasteiger partial charge on any atom is -0.508 e. The van der Waals surface area contributed by atoms with Crippen molar-refractivity contribution in [3.63, 3.8) is 0 Å². The zero-order valence-electron chi connectivity index (χ0n) is 17.5. The minimum absolute atomic E-state index is 0.00582. The molecule has 0 saturated carbocycles. The van der Waals surface area contributed by atoms with E-state index in [1.165, 1.54) is 0 Å². The Bertz CT molecular complexity index is 1250. The van der Waals surface area contributed by atoms with Crippen LogP contribution in [-0.4, -0.2) is 20.6 Å². The van der Waals surface area contributed by atoms with E-state index in [9.17, 15) is 9.90 Å². The van der Waals surface area contributed by atoms with Gasteiger partial charge in [-0.1, -0.05) is 60.7 Å². The Morgan fingerprint density at radius 2 is 1.87 bits per heavy atom. The van der Waals surface area contributed by atoms with Crippen LogP contribution < -0.4 is 5.32 Å². The largest absolute Gasteiger partial charge is 0.508 e. The van der Waals surface area contributed by atoms with E-state index in [1.54, 1.807) is 6.07 Å². The van der Waals surface area contributed by atoms with E-state index in [2.05, 4.69) is 14.9 Å². The predicted molar refractivity (Wildman–Crippen MR) is 121 cm³/mol. The normalized spacial score (nSPS) is 16.6. The molecular weight excluding hydrogens is 386 g/mol. The highest BCUT2D eigenvalue weighted by Gasteiger charge is 2.29. The first-order valence-corrected chi connectivity index (χ1v) is 10.7. The third-order valence-electron chi connectivity index (χ3n) is 6.32. The third-order valence-corrected chi connectivity index (χ3v) is 6.32. The summed E-state index contributed by atoms with van der Waals surface area (Å²) in [7, 11) is 0. The molecule has 2 heterocycles. The van der Waals surface area contributed by atoms with Crippen molar-refractivity contribution in [3.05, 3.63) is 95.6 Å². The van der Waals surface area contributed by atoms with Crippen molar-refractivity contribution in [2.24, 2.45) is 5.92 Å². The summed E-state index contributed by atoms with van der Waals surface area (Å²) in [5.41, 5.74) is 2.78.